The molecule has 0 saturated carbocycles. The van der Waals surface area contributed by atoms with Crippen LogP contribution >= 0.6 is 0 Å². The molecule has 1 fully saturated rings. The van der Waals surface area contributed by atoms with Crippen molar-refractivity contribution in [3.05, 3.63) is 41.5 Å². The smallest absolute Gasteiger partial charge is 0.410 e. The van der Waals surface area contributed by atoms with Crippen molar-refractivity contribution in [1.82, 2.24) is 9.88 Å². The van der Waals surface area contributed by atoms with Crippen LogP contribution in [0.4, 0.5) is 10.6 Å². The molecule has 1 amide bonds. The molecule has 0 radical (unpaired) electrons. The third kappa shape index (κ3) is 5.50. The topological polar surface area (TPSA) is 98.5 Å². The molecule has 1 aromatic heterocycles. The van der Waals surface area contributed by atoms with E-state index < -0.39 is 5.60 Å². The molecule has 32 heavy (non-hydrogen) atoms. The molecule has 2 aromatic rings. The fraction of sp³-hybridized carbons (Fsp3) is 0.480. The third-order valence-corrected chi connectivity index (χ3v) is 5.40. The Bertz CT molecular complexity index is 1010. The Labute approximate surface area is 190 Å². The number of amides is 1. The van der Waals surface area contributed by atoms with E-state index in [9.17, 15) is 15.2 Å². The van der Waals surface area contributed by atoms with E-state index in [2.05, 4.69) is 16.4 Å². The number of carbonyl (C=O) groups excluding carboxylic acids is 1. The lowest BCUT2D eigenvalue weighted by Gasteiger charge is -2.34. The number of nitriles is 1. The van der Waals surface area contributed by atoms with Gasteiger partial charge in [-0.2, -0.15) is 5.26 Å². The summed E-state index contributed by atoms with van der Waals surface area (Å²) in [4.78, 5) is 19.1. The van der Waals surface area contributed by atoms with Crippen molar-refractivity contribution in [3.63, 3.8) is 0 Å². The van der Waals surface area contributed by atoms with E-state index >= 15 is 0 Å². The quantitative estimate of drug-likeness (QED) is 0.663. The highest BCUT2D eigenvalue weighted by molar-refractivity contribution is 5.72. The Morgan fingerprint density at radius 1 is 1.38 bits per heavy atom. The van der Waals surface area contributed by atoms with Gasteiger partial charge >= 0.3 is 6.09 Å². The molecule has 3 rings (SSSR count). The number of nitrogens with zero attached hydrogens (tertiary/aromatic N) is 3. The molecular weight excluding hydrogens is 404 g/mol. The van der Waals surface area contributed by atoms with E-state index in [1.54, 1.807) is 17.0 Å². The molecule has 7 nitrogen and oxygen atoms in total. The minimum Gasteiger partial charge on any atom is -0.507 e. The second kappa shape index (κ2) is 9.90. The Hall–Kier alpha value is -3.27. The highest BCUT2D eigenvalue weighted by Crippen LogP contribution is 2.37. The van der Waals surface area contributed by atoms with Crippen LogP contribution in [0, 0.1) is 11.3 Å². The number of carbonyl (C=O) groups is 1. The molecule has 1 atom stereocenters. The largest absolute Gasteiger partial charge is 0.507 e. The van der Waals surface area contributed by atoms with Gasteiger partial charge in [-0.3, -0.25) is 0 Å². The maximum atomic E-state index is 12.7. The Balaban J connectivity index is 2.02. The molecule has 0 aliphatic carbocycles. The van der Waals surface area contributed by atoms with Crippen molar-refractivity contribution in [1.29, 1.82) is 5.26 Å². The number of benzene rings is 1. The molecule has 0 spiro atoms. The van der Waals surface area contributed by atoms with Crippen LogP contribution in [0.15, 0.2) is 30.3 Å². The van der Waals surface area contributed by atoms with Crippen LogP contribution in [0.25, 0.3) is 11.3 Å². The Morgan fingerprint density at radius 3 is 2.78 bits per heavy atom. The number of rotatable bonds is 5. The number of phenols is 1. The van der Waals surface area contributed by atoms with Gasteiger partial charge in [0.25, 0.3) is 0 Å². The molecular formula is C25H32N4O3. The number of aromatic nitrogens is 1. The predicted octanol–water partition coefficient (Wildman–Crippen LogP) is 5.26. The molecule has 1 saturated heterocycles. The molecule has 0 bridgehead atoms. The minimum atomic E-state index is -0.562. The van der Waals surface area contributed by atoms with E-state index in [1.807, 2.05) is 45.9 Å². The summed E-state index contributed by atoms with van der Waals surface area (Å²) in [5.74, 6) is 0.622. The molecule has 1 aromatic carbocycles. The lowest BCUT2D eigenvalue weighted by molar-refractivity contribution is 0.0198. The summed E-state index contributed by atoms with van der Waals surface area (Å²) in [6.45, 7) is 9.40. The fourth-order valence-electron chi connectivity index (χ4n) is 3.93. The summed E-state index contributed by atoms with van der Waals surface area (Å²) in [5, 5.41) is 23.6. The van der Waals surface area contributed by atoms with Crippen LogP contribution in [0.1, 0.15) is 64.0 Å². The van der Waals surface area contributed by atoms with E-state index in [-0.39, 0.29) is 17.8 Å². The van der Waals surface area contributed by atoms with Gasteiger partial charge in [-0.25, -0.2) is 9.78 Å². The first-order valence-corrected chi connectivity index (χ1v) is 11.2. The van der Waals surface area contributed by atoms with Gasteiger partial charge in [0.2, 0.25) is 0 Å². The number of ether oxygens (including phenoxy) is 1. The lowest BCUT2D eigenvalue weighted by Crippen LogP contribution is -2.42. The number of pyridine rings is 1. The van der Waals surface area contributed by atoms with Crippen molar-refractivity contribution < 1.29 is 14.6 Å². The minimum absolute atomic E-state index is 0.0271. The average molecular weight is 437 g/mol. The highest BCUT2D eigenvalue weighted by Gasteiger charge is 2.31. The number of para-hydroxylation sites is 1. The monoisotopic (exact) mass is 436 g/mol. The number of phenolic OH excluding ortho intramolecular Hbond substituents is 1. The number of piperidine rings is 1. The van der Waals surface area contributed by atoms with Crippen molar-refractivity contribution in [2.45, 2.75) is 58.5 Å². The maximum absolute atomic E-state index is 12.7. The van der Waals surface area contributed by atoms with Crippen molar-refractivity contribution in [2.75, 3.05) is 25.0 Å². The van der Waals surface area contributed by atoms with Crippen LogP contribution in [-0.2, 0) is 4.74 Å². The molecule has 1 aliphatic rings. The highest BCUT2D eigenvalue weighted by atomic mass is 16.6. The van der Waals surface area contributed by atoms with Crippen molar-refractivity contribution >= 4 is 11.9 Å². The van der Waals surface area contributed by atoms with Crippen LogP contribution in [0.2, 0.25) is 0 Å². The number of hydrogen-bond acceptors (Lipinski definition) is 6. The zero-order valence-electron chi connectivity index (χ0n) is 19.3. The van der Waals surface area contributed by atoms with Crippen molar-refractivity contribution in [2.24, 2.45) is 0 Å². The van der Waals surface area contributed by atoms with Crippen LogP contribution in [0.5, 0.6) is 5.75 Å². The van der Waals surface area contributed by atoms with Gasteiger partial charge in [0.1, 0.15) is 23.2 Å². The molecule has 1 aliphatic heterocycles. The fourth-order valence-corrected chi connectivity index (χ4v) is 3.93. The summed E-state index contributed by atoms with van der Waals surface area (Å²) in [7, 11) is 0. The van der Waals surface area contributed by atoms with Crippen molar-refractivity contribution in [3.8, 4) is 23.1 Å². The molecule has 2 N–H and O–H groups in total. The predicted molar refractivity (Wildman–Crippen MR) is 125 cm³/mol. The van der Waals surface area contributed by atoms with Gasteiger partial charge in [0.15, 0.2) is 0 Å². The standard InChI is InChI=1S/C25H32N4O3/c1-5-12-27-23-20(15-26)19(14-21(28-23)18-10-6-7-11-22(18)30)17-9-8-13-29(16-17)24(31)32-25(2,3)4/h6-7,10-11,14,17,30H,5,8-9,12-13,16H2,1-4H3,(H,27,28). The summed E-state index contributed by atoms with van der Waals surface area (Å²) < 4.78 is 5.57. The van der Waals surface area contributed by atoms with Crippen LogP contribution in [-0.4, -0.2) is 46.3 Å². The van der Waals surface area contributed by atoms with E-state index in [0.29, 0.717) is 42.3 Å². The molecule has 170 valence electrons. The molecule has 1 unspecified atom stereocenters. The van der Waals surface area contributed by atoms with Gasteiger partial charge in [-0.05, 0) is 63.8 Å². The SMILES string of the molecule is CCCNc1nc(-c2ccccc2O)cc(C2CCCN(C(=O)OC(C)(C)C)C2)c1C#N. The zero-order valence-corrected chi connectivity index (χ0v) is 19.3. The van der Waals surface area contributed by atoms with Crippen LogP contribution < -0.4 is 5.32 Å². The van der Waals surface area contributed by atoms with Crippen LogP contribution in [0.3, 0.4) is 0 Å². The van der Waals surface area contributed by atoms with E-state index in [4.69, 9.17) is 4.74 Å². The molecule has 2 heterocycles. The van der Waals surface area contributed by atoms with E-state index in [0.717, 1.165) is 24.8 Å². The van der Waals surface area contributed by atoms with E-state index in [1.165, 1.54) is 0 Å². The summed E-state index contributed by atoms with van der Waals surface area (Å²) in [5.41, 5.74) is 1.98. The van der Waals surface area contributed by atoms with Gasteiger partial charge in [-0.15, -0.1) is 0 Å². The van der Waals surface area contributed by atoms with Gasteiger partial charge in [0, 0.05) is 31.1 Å². The number of aromatic hydroxyl groups is 1. The average Bonchev–Trinajstić information content (AvgIpc) is 2.76. The number of anilines is 1. The second-order valence-corrected chi connectivity index (χ2v) is 9.14. The number of likely N-dealkylation sites (tertiary alicyclic amines) is 1. The first-order chi connectivity index (χ1) is 15.2. The number of nitrogens with one attached hydrogen (secondary N) is 1. The van der Waals surface area contributed by atoms with Gasteiger partial charge < -0.3 is 20.1 Å². The van der Waals surface area contributed by atoms with Gasteiger partial charge in [0.05, 0.1) is 11.3 Å². The summed E-state index contributed by atoms with van der Waals surface area (Å²) >= 11 is 0. The zero-order chi connectivity index (χ0) is 23.3. The second-order valence-electron chi connectivity index (χ2n) is 9.14. The lowest BCUT2D eigenvalue weighted by atomic mass is 9.87. The third-order valence-electron chi connectivity index (χ3n) is 5.40. The number of hydrogen-bond donors (Lipinski definition) is 2. The molecule has 7 heteroatoms. The summed E-state index contributed by atoms with van der Waals surface area (Å²) in [6, 6.07) is 11.3. The Morgan fingerprint density at radius 2 is 2.12 bits per heavy atom. The first-order valence-electron chi connectivity index (χ1n) is 11.2. The summed E-state index contributed by atoms with van der Waals surface area (Å²) in [6.07, 6.45) is 2.23. The normalized spacial score (nSPS) is 16.3. The first kappa shape index (κ1) is 23.4. The maximum Gasteiger partial charge on any atom is 0.410 e. The Kier molecular flexibility index (Phi) is 7.24. The van der Waals surface area contributed by atoms with Gasteiger partial charge in [-0.1, -0.05) is 19.1 Å².